The van der Waals surface area contributed by atoms with Gasteiger partial charge in [-0.1, -0.05) is 18.2 Å². The number of rotatable bonds is 4. The van der Waals surface area contributed by atoms with Gasteiger partial charge in [-0.3, -0.25) is 14.8 Å². The van der Waals surface area contributed by atoms with Gasteiger partial charge < -0.3 is 10.5 Å². The number of alkyl halides is 3. The summed E-state index contributed by atoms with van der Waals surface area (Å²) >= 11 is 0. The first-order valence-electron chi connectivity index (χ1n) is 8.82. The van der Waals surface area contributed by atoms with Gasteiger partial charge in [-0.15, -0.1) is 0 Å². The average molecular weight is 409 g/mol. The van der Waals surface area contributed by atoms with Crippen molar-refractivity contribution >= 4 is 16.9 Å². The molecule has 3 aromatic carbocycles. The molecule has 1 aromatic heterocycles. The van der Waals surface area contributed by atoms with E-state index in [9.17, 15) is 18.0 Å². The lowest BCUT2D eigenvalue weighted by Gasteiger charge is -2.16. The first-order chi connectivity index (χ1) is 14.3. The molecule has 0 aliphatic carbocycles. The van der Waals surface area contributed by atoms with Gasteiger partial charge in [-0.25, -0.2) is 0 Å². The number of halogens is 3. The van der Waals surface area contributed by atoms with E-state index in [2.05, 4.69) is 9.97 Å². The van der Waals surface area contributed by atoms with Gasteiger partial charge >= 0.3 is 6.18 Å². The lowest BCUT2D eigenvalue weighted by molar-refractivity contribution is -0.137. The minimum absolute atomic E-state index is 0.162. The third-order valence-corrected chi connectivity index (χ3v) is 4.43. The van der Waals surface area contributed by atoms with Crippen molar-refractivity contribution in [2.24, 2.45) is 5.73 Å². The van der Waals surface area contributed by atoms with Crippen LogP contribution in [0.1, 0.15) is 15.9 Å². The van der Waals surface area contributed by atoms with Crippen molar-refractivity contribution in [3.8, 4) is 22.6 Å². The summed E-state index contributed by atoms with van der Waals surface area (Å²) in [5.41, 5.74) is 5.34. The number of hydrogen-bond donors (Lipinski definition) is 1. The van der Waals surface area contributed by atoms with Gasteiger partial charge in [0.15, 0.2) is 0 Å². The van der Waals surface area contributed by atoms with Crippen molar-refractivity contribution in [3.63, 3.8) is 0 Å². The number of carbonyl (C=O) groups is 1. The van der Waals surface area contributed by atoms with E-state index >= 15 is 0 Å². The van der Waals surface area contributed by atoms with E-state index in [4.69, 9.17) is 10.5 Å². The number of ether oxygens (including phenoxy) is 1. The molecule has 4 rings (SSSR count). The highest BCUT2D eigenvalue weighted by atomic mass is 19.4. The first-order valence-corrected chi connectivity index (χ1v) is 8.82. The number of benzene rings is 3. The summed E-state index contributed by atoms with van der Waals surface area (Å²) in [5.74, 6) is -0.210. The molecule has 1 amide bonds. The van der Waals surface area contributed by atoms with Crippen LogP contribution in [0.4, 0.5) is 13.2 Å². The summed E-state index contributed by atoms with van der Waals surface area (Å²) in [6.45, 7) is 0. The van der Waals surface area contributed by atoms with Gasteiger partial charge in [-0.2, -0.15) is 13.2 Å². The number of nitrogens with zero attached hydrogens (tertiary/aromatic N) is 2. The quantitative estimate of drug-likeness (QED) is 0.502. The van der Waals surface area contributed by atoms with Crippen molar-refractivity contribution < 1.29 is 22.7 Å². The number of fused-ring (bicyclic) bond motifs is 1. The fourth-order valence-corrected chi connectivity index (χ4v) is 3.16. The SMILES string of the molecule is NC(=O)c1cccc(C(F)(F)F)c1-c1cccc(Oc2ccc3nccnc3c2)c1. The van der Waals surface area contributed by atoms with E-state index in [0.29, 0.717) is 22.5 Å². The Morgan fingerprint density at radius 1 is 0.867 bits per heavy atom. The standard InChI is InChI=1S/C22H14F3N3O2/c23-22(24,25)17-6-2-5-16(21(26)29)20(17)13-3-1-4-14(11-13)30-15-7-8-18-19(12-15)28-10-9-27-18/h1-12H,(H2,26,29). The molecular formula is C22H14F3N3O2. The van der Waals surface area contributed by atoms with Gasteiger partial charge in [0, 0.05) is 29.6 Å². The maximum Gasteiger partial charge on any atom is 0.417 e. The van der Waals surface area contributed by atoms with Crippen molar-refractivity contribution in [1.29, 1.82) is 0 Å². The van der Waals surface area contributed by atoms with Crippen LogP contribution >= 0.6 is 0 Å². The monoisotopic (exact) mass is 409 g/mol. The molecule has 0 aliphatic heterocycles. The van der Waals surface area contributed by atoms with Gasteiger partial charge in [0.1, 0.15) is 11.5 Å². The normalized spacial score (nSPS) is 11.4. The van der Waals surface area contributed by atoms with Gasteiger partial charge in [0.2, 0.25) is 5.91 Å². The minimum atomic E-state index is -4.66. The summed E-state index contributed by atoms with van der Waals surface area (Å²) < 4.78 is 46.5. The van der Waals surface area contributed by atoms with Crippen LogP contribution in [0.3, 0.4) is 0 Å². The smallest absolute Gasteiger partial charge is 0.417 e. The lowest BCUT2D eigenvalue weighted by Crippen LogP contribution is -2.16. The predicted octanol–water partition coefficient (Wildman–Crippen LogP) is 5.21. The topological polar surface area (TPSA) is 78.1 Å². The Kier molecular flexibility index (Phi) is 4.83. The molecule has 30 heavy (non-hydrogen) atoms. The van der Waals surface area contributed by atoms with Crippen molar-refractivity contribution in [1.82, 2.24) is 9.97 Å². The van der Waals surface area contributed by atoms with Crippen LogP contribution in [0, 0.1) is 0 Å². The third kappa shape index (κ3) is 3.80. The molecule has 0 fully saturated rings. The number of carbonyl (C=O) groups excluding carboxylic acids is 1. The summed E-state index contributed by atoms with van der Waals surface area (Å²) in [6, 6.07) is 14.5. The van der Waals surface area contributed by atoms with Crippen molar-refractivity contribution in [2.45, 2.75) is 6.18 Å². The molecule has 0 bridgehead atoms. The second-order valence-corrected chi connectivity index (χ2v) is 6.43. The zero-order chi connectivity index (χ0) is 21.3. The highest BCUT2D eigenvalue weighted by Gasteiger charge is 2.35. The van der Waals surface area contributed by atoms with Crippen LogP contribution in [0.15, 0.2) is 73.1 Å². The summed E-state index contributed by atoms with van der Waals surface area (Å²) in [5, 5.41) is 0. The molecule has 4 aromatic rings. The molecule has 8 heteroatoms. The zero-order valence-corrected chi connectivity index (χ0v) is 15.4. The Bertz CT molecular complexity index is 1260. The summed E-state index contributed by atoms with van der Waals surface area (Å²) in [7, 11) is 0. The Morgan fingerprint density at radius 3 is 2.30 bits per heavy atom. The van der Waals surface area contributed by atoms with E-state index in [1.165, 1.54) is 18.2 Å². The van der Waals surface area contributed by atoms with Gasteiger partial charge in [-0.05, 0) is 42.0 Å². The third-order valence-electron chi connectivity index (χ3n) is 4.43. The van der Waals surface area contributed by atoms with E-state index in [0.717, 1.165) is 12.1 Å². The number of hydrogen-bond acceptors (Lipinski definition) is 4. The highest BCUT2D eigenvalue weighted by molar-refractivity contribution is 6.01. The van der Waals surface area contributed by atoms with Crippen LogP contribution in [-0.2, 0) is 6.18 Å². The average Bonchev–Trinajstić information content (AvgIpc) is 2.72. The number of nitrogens with two attached hydrogens (primary N) is 1. The molecular weight excluding hydrogens is 395 g/mol. The molecule has 0 saturated heterocycles. The maximum absolute atomic E-state index is 13.6. The largest absolute Gasteiger partial charge is 0.457 e. The number of amides is 1. The summed E-state index contributed by atoms with van der Waals surface area (Å²) in [4.78, 5) is 20.2. The summed E-state index contributed by atoms with van der Waals surface area (Å²) in [6.07, 6.45) is -1.54. The molecule has 0 spiro atoms. The second kappa shape index (κ2) is 7.47. The molecule has 0 atom stereocenters. The predicted molar refractivity (Wildman–Crippen MR) is 105 cm³/mol. The van der Waals surface area contributed by atoms with E-state index in [-0.39, 0.29) is 16.7 Å². The molecule has 0 aliphatic rings. The molecule has 1 heterocycles. The maximum atomic E-state index is 13.6. The second-order valence-electron chi connectivity index (χ2n) is 6.43. The Labute approximate surface area is 169 Å². The van der Waals surface area contributed by atoms with E-state index < -0.39 is 17.6 Å². The van der Waals surface area contributed by atoms with Gasteiger partial charge in [0.25, 0.3) is 0 Å². The fraction of sp³-hybridized carbons (Fsp3) is 0.0455. The molecule has 0 unspecified atom stereocenters. The van der Waals surface area contributed by atoms with Crippen LogP contribution in [0.25, 0.3) is 22.2 Å². The molecule has 0 radical (unpaired) electrons. The van der Waals surface area contributed by atoms with Crippen molar-refractivity contribution in [3.05, 3.63) is 84.2 Å². The van der Waals surface area contributed by atoms with Crippen LogP contribution in [0.5, 0.6) is 11.5 Å². The van der Waals surface area contributed by atoms with Crippen LogP contribution in [-0.4, -0.2) is 15.9 Å². The van der Waals surface area contributed by atoms with Crippen LogP contribution in [0.2, 0.25) is 0 Å². The molecule has 0 saturated carbocycles. The van der Waals surface area contributed by atoms with Crippen LogP contribution < -0.4 is 10.5 Å². The number of primary amides is 1. The van der Waals surface area contributed by atoms with Gasteiger partial charge in [0.05, 0.1) is 16.6 Å². The minimum Gasteiger partial charge on any atom is -0.457 e. The first kappa shape index (κ1) is 19.4. The molecule has 2 N–H and O–H groups in total. The number of aromatic nitrogens is 2. The molecule has 150 valence electrons. The highest BCUT2D eigenvalue weighted by Crippen LogP contribution is 2.40. The Balaban J connectivity index is 1.77. The van der Waals surface area contributed by atoms with E-state index in [1.807, 2.05) is 0 Å². The van der Waals surface area contributed by atoms with E-state index in [1.54, 1.807) is 42.7 Å². The lowest BCUT2D eigenvalue weighted by atomic mass is 9.93. The van der Waals surface area contributed by atoms with Crippen molar-refractivity contribution in [2.75, 3.05) is 0 Å². The Hall–Kier alpha value is -3.94. The Morgan fingerprint density at radius 2 is 1.57 bits per heavy atom. The zero-order valence-electron chi connectivity index (χ0n) is 15.4. The molecule has 5 nitrogen and oxygen atoms in total. The fourth-order valence-electron chi connectivity index (χ4n) is 3.16.